The summed E-state index contributed by atoms with van der Waals surface area (Å²) in [5.74, 6) is 1.06. The van der Waals surface area contributed by atoms with E-state index in [2.05, 4.69) is 63.3 Å². The minimum Gasteiger partial charge on any atom is -0.302 e. The molecule has 0 radical (unpaired) electrons. The van der Waals surface area contributed by atoms with Gasteiger partial charge < -0.3 is 5.32 Å². The van der Waals surface area contributed by atoms with Crippen molar-refractivity contribution >= 4 is 11.8 Å². The Morgan fingerprint density at radius 3 is 2.24 bits per heavy atom. The lowest BCUT2D eigenvalue weighted by Gasteiger charge is -2.24. The van der Waals surface area contributed by atoms with Crippen LogP contribution in [0.5, 0.6) is 0 Å². The van der Waals surface area contributed by atoms with Crippen LogP contribution in [0.25, 0.3) is 0 Å². The first-order valence-corrected chi connectivity index (χ1v) is 8.69. The van der Waals surface area contributed by atoms with Crippen LogP contribution in [0.3, 0.4) is 0 Å². The van der Waals surface area contributed by atoms with Gasteiger partial charge in [0, 0.05) is 4.90 Å². The fourth-order valence-electron chi connectivity index (χ4n) is 2.28. The molecule has 21 heavy (non-hydrogen) atoms. The van der Waals surface area contributed by atoms with Crippen molar-refractivity contribution in [2.45, 2.75) is 62.8 Å². The van der Waals surface area contributed by atoms with E-state index in [-0.39, 0.29) is 11.0 Å². The molecule has 0 fully saturated rings. The number of hydrogen-bond acceptors (Lipinski definition) is 3. The van der Waals surface area contributed by atoms with Gasteiger partial charge in [-0.3, -0.25) is 0 Å². The van der Waals surface area contributed by atoms with Crippen molar-refractivity contribution in [1.29, 1.82) is 5.26 Å². The van der Waals surface area contributed by atoms with Crippen LogP contribution in [0.4, 0.5) is 0 Å². The highest BCUT2D eigenvalue weighted by Crippen LogP contribution is 2.27. The first-order valence-electron chi connectivity index (χ1n) is 7.70. The fourth-order valence-corrected chi connectivity index (χ4v) is 3.14. The first-order chi connectivity index (χ1) is 9.87. The molecule has 1 rings (SSSR count). The lowest BCUT2D eigenvalue weighted by atomic mass is 9.87. The summed E-state index contributed by atoms with van der Waals surface area (Å²) in [6.07, 6.45) is 2.81. The Kier molecular flexibility index (Phi) is 6.77. The van der Waals surface area contributed by atoms with E-state index in [1.807, 2.05) is 18.8 Å². The SMILES string of the molecule is CCC(C#N)(CCCSc1ccc(C(C)(C)C)cc1)NC. The Morgan fingerprint density at radius 1 is 1.19 bits per heavy atom. The second-order valence-electron chi connectivity index (χ2n) is 6.52. The summed E-state index contributed by atoms with van der Waals surface area (Å²) in [5, 5.41) is 12.4. The molecule has 0 aromatic heterocycles. The minimum atomic E-state index is -0.351. The summed E-state index contributed by atoms with van der Waals surface area (Å²) in [7, 11) is 1.88. The molecule has 0 aliphatic heterocycles. The smallest absolute Gasteiger partial charge is 0.106 e. The average Bonchev–Trinajstić information content (AvgIpc) is 2.48. The number of rotatable bonds is 7. The van der Waals surface area contributed by atoms with Crippen molar-refractivity contribution < 1.29 is 0 Å². The van der Waals surface area contributed by atoms with Crippen LogP contribution in [0.15, 0.2) is 29.2 Å². The molecule has 1 unspecified atom stereocenters. The number of nitrogens with zero attached hydrogens (tertiary/aromatic N) is 1. The molecule has 1 N–H and O–H groups in total. The first kappa shape index (κ1) is 18.1. The van der Waals surface area contributed by atoms with E-state index in [9.17, 15) is 5.26 Å². The molecule has 0 saturated carbocycles. The third-order valence-corrected chi connectivity index (χ3v) is 5.13. The zero-order valence-electron chi connectivity index (χ0n) is 14.0. The Balaban J connectivity index is 2.45. The Hall–Kier alpha value is -0.980. The van der Waals surface area contributed by atoms with E-state index < -0.39 is 0 Å². The molecule has 0 bridgehead atoms. The van der Waals surface area contributed by atoms with Gasteiger partial charge in [-0.05, 0) is 55.2 Å². The van der Waals surface area contributed by atoms with Crippen molar-refractivity contribution in [3.63, 3.8) is 0 Å². The number of nitrogens with one attached hydrogen (secondary N) is 1. The maximum absolute atomic E-state index is 9.28. The van der Waals surface area contributed by atoms with Gasteiger partial charge in [-0.25, -0.2) is 0 Å². The van der Waals surface area contributed by atoms with Crippen molar-refractivity contribution in [3.8, 4) is 6.07 Å². The molecule has 0 aliphatic carbocycles. The lowest BCUT2D eigenvalue weighted by Crippen LogP contribution is -2.40. The Morgan fingerprint density at radius 2 is 1.81 bits per heavy atom. The zero-order chi connectivity index (χ0) is 15.9. The van der Waals surface area contributed by atoms with Crippen LogP contribution in [0, 0.1) is 11.3 Å². The van der Waals surface area contributed by atoms with E-state index >= 15 is 0 Å². The number of benzene rings is 1. The highest BCUT2D eigenvalue weighted by Gasteiger charge is 2.24. The predicted molar refractivity (Wildman–Crippen MR) is 92.8 cm³/mol. The van der Waals surface area contributed by atoms with Gasteiger partial charge in [-0.1, -0.05) is 39.8 Å². The molecule has 2 nitrogen and oxygen atoms in total. The number of thioether (sulfide) groups is 1. The van der Waals surface area contributed by atoms with Crippen LogP contribution in [-0.4, -0.2) is 18.3 Å². The Labute approximate surface area is 134 Å². The Bertz CT molecular complexity index is 461. The third kappa shape index (κ3) is 5.37. The minimum absolute atomic E-state index is 0.212. The highest BCUT2D eigenvalue weighted by atomic mass is 32.2. The molecule has 1 atom stereocenters. The zero-order valence-corrected chi connectivity index (χ0v) is 14.8. The van der Waals surface area contributed by atoms with Gasteiger partial charge in [0.15, 0.2) is 0 Å². The number of hydrogen-bond donors (Lipinski definition) is 1. The highest BCUT2D eigenvalue weighted by molar-refractivity contribution is 7.99. The van der Waals surface area contributed by atoms with Crippen LogP contribution in [-0.2, 0) is 5.41 Å². The van der Waals surface area contributed by atoms with E-state index in [1.54, 1.807) is 0 Å². The normalized spacial score (nSPS) is 14.5. The molecule has 0 saturated heterocycles. The molecule has 0 heterocycles. The van der Waals surface area contributed by atoms with Crippen LogP contribution >= 0.6 is 11.8 Å². The quantitative estimate of drug-likeness (QED) is 0.583. The molecule has 3 heteroatoms. The molecule has 1 aromatic carbocycles. The fraction of sp³-hybridized carbons (Fsp3) is 0.611. The van der Waals surface area contributed by atoms with Crippen LogP contribution < -0.4 is 5.32 Å². The number of nitriles is 1. The summed E-state index contributed by atoms with van der Waals surface area (Å²) in [4.78, 5) is 1.31. The second-order valence-corrected chi connectivity index (χ2v) is 7.69. The summed E-state index contributed by atoms with van der Waals surface area (Å²) in [6, 6.07) is 11.3. The topological polar surface area (TPSA) is 35.8 Å². The van der Waals surface area contributed by atoms with Crippen LogP contribution in [0.1, 0.15) is 52.5 Å². The molecule has 0 aliphatic rings. The van der Waals surface area contributed by atoms with Crippen molar-refractivity contribution in [2.24, 2.45) is 0 Å². The average molecular weight is 305 g/mol. The second kappa shape index (κ2) is 7.87. The van der Waals surface area contributed by atoms with Gasteiger partial charge in [-0.15, -0.1) is 11.8 Å². The summed E-state index contributed by atoms with van der Waals surface area (Å²) < 4.78 is 0. The van der Waals surface area contributed by atoms with Crippen molar-refractivity contribution in [2.75, 3.05) is 12.8 Å². The summed E-state index contributed by atoms with van der Waals surface area (Å²) >= 11 is 1.87. The molecule has 0 amide bonds. The maximum atomic E-state index is 9.28. The maximum Gasteiger partial charge on any atom is 0.106 e. The largest absolute Gasteiger partial charge is 0.302 e. The van der Waals surface area contributed by atoms with Gasteiger partial charge in [-0.2, -0.15) is 5.26 Å². The molecular weight excluding hydrogens is 276 g/mol. The molecule has 116 valence electrons. The predicted octanol–water partition coefficient (Wildman–Crippen LogP) is 4.75. The van der Waals surface area contributed by atoms with Crippen LogP contribution in [0.2, 0.25) is 0 Å². The van der Waals surface area contributed by atoms with Crippen molar-refractivity contribution in [3.05, 3.63) is 29.8 Å². The lowest BCUT2D eigenvalue weighted by molar-refractivity contribution is 0.400. The third-order valence-electron chi connectivity index (χ3n) is 4.03. The molecule has 0 spiro atoms. The van der Waals surface area contributed by atoms with E-state index in [1.165, 1.54) is 10.5 Å². The summed E-state index contributed by atoms with van der Waals surface area (Å²) in [6.45, 7) is 8.77. The monoisotopic (exact) mass is 304 g/mol. The summed E-state index contributed by atoms with van der Waals surface area (Å²) in [5.41, 5.74) is 1.23. The van der Waals surface area contributed by atoms with Gasteiger partial charge in [0.1, 0.15) is 5.54 Å². The van der Waals surface area contributed by atoms with E-state index in [4.69, 9.17) is 0 Å². The van der Waals surface area contributed by atoms with Crippen molar-refractivity contribution in [1.82, 2.24) is 5.32 Å². The van der Waals surface area contributed by atoms with Gasteiger partial charge in [0.05, 0.1) is 6.07 Å². The van der Waals surface area contributed by atoms with Gasteiger partial charge >= 0.3 is 0 Å². The van der Waals surface area contributed by atoms with E-state index in [0.29, 0.717) is 0 Å². The van der Waals surface area contributed by atoms with E-state index in [0.717, 1.165) is 25.0 Å². The standard InChI is InChI=1S/C18H28N2S/c1-6-18(14-19,20-5)12-7-13-21-16-10-8-15(9-11-16)17(2,3)4/h8-11,20H,6-7,12-13H2,1-5H3. The van der Waals surface area contributed by atoms with Gasteiger partial charge in [0.2, 0.25) is 0 Å². The molecule has 1 aromatic rings. The molecular formula is C18H28N2S. The van der Waals surface area contributed by atoms with Gasteiger partial charge in [0.25, 0.3) is 0 Å².